The molecule has 2 unspecified atom stereocenters. The third kappa shape index (κ3) is 2.12. The van der Waals surface area contributed by atoms with Crippen molar-refractivity contribution in [1.82, 2.24) is 4.98 Å². The molecular formula is C13H18N2O2. The SMILES string of the molecule is CCC1CCC(C)N1c1ccncc1C(=O)O. The number of nitrogens with zero attached hydrogens (tertiary/aromatic N) is 2. The molecule has 2 heterocycles. The van der Waals surface area contributed by atoms with Crippen LogP contribution in [-0.4, -0.2) is 28.1 Å². The van der Waals surface area contributed by atoms with Crippen LogP contribution in [-0.2, 0) is 0 Å². The van der Waals surface area contributed by atoms with E-state index in [1.165, 1.54) is 6.20 Å². The lowest BCUT2D eigenvalue weighted by molar-refractivity contribution is 0.0697. The van der Waals surface area contributed by atoms with Crippen LogP contribution in [0.15, 0.2) is 18.5 Å². The molecule has 0 radical (unpaired) electrons. The summed E-state index contributed by atoms with van der Waals surface area (Å²) >= 11 is 0. The minimum Gasteiger partial charge on any atom is -0.478 e. The van der Waals surface area contributed by atoms with E-state index in [0.29, 0.717) is 17.6 Å². The first-order valence-corrected chi connectivity index (χ1v) is 6.10. The second-order valence-electron chi connectivity index (χ2n) is 4.59. The first-order valence-electron chi connectivity index (χ1n) is 6.10. The lowest BCUT2D eigenvalue weighted by Gasteiger charge is -2.31. The van der Waals surface area contributed by atoms with E-state index in [9.17, 15) is 9.90 Å². The normalized spacial score (nSPS) is 24.0. The first-order chi connectivity index (χ1) is 8.15. The zero-order valence-corrected chi connectivity index (χ0v) is 10.3. The highest BCUT2D eigenvalue weighted by Crippen LogP contribution is 2.33. The van der Waals surface area contributed by atoms with E-state index < -0.39 is 5.97 Å². The van der Waals surface area contributed by atoms with Crippen molar-refractivity contribution in [3.05, 3.63) is 24.0 Å². The molecule has 4 nitrogen and oxygen atoms in total. The summed E-state index contributed by atoms with van der Waals surface area (Å²) in [5, 5.41) is 9.20. The Labute approximate surface area is 101 Å². The number of anilines is 1. The van der Waals surface area contributed by atoms with Gasteiger partial charge in [0, 0.05) is 24.5 Å². The fraction of sp³-hybridized carbons (Fsp3) is 0.538. The van der Waals surface area contributed by atoms with Gasteiger partial charge in [-0.15, -0.1) is 0 Å². The highest BCUT2D eigenvalue weighted by atomic mass is 16.4. The third-order valence-corrected chi connectivity index (χ3v) is 3.56. The molecule has 4 heteroatoms. The minimum absolute atomic E-state index is 0.305. The fourth-order valence-electron chi connectivity index (χ4n) is 2.68. The molecule has 1 saturated heterocycles. The van der Waals surface area contributed by atoms with Crippen molar-refractivity contribution in [1.29, 1.82) is 0 Å². The van der Waals surface area contributed by atoms with Gasteiger partial charge in [-0.05, 0) is 32.3 Å². The predicted octanol–water partition coefficient (Wildman–Crippen LogP) is 2.55. The average Bonchev–Trinajstić information content (AvgIpc) is 2.70. The van der Waals surface area contributed by atoms with E-state index in [-0.39, 0.29) is 0 Å². The Morgan fingerprint density at radius 1 is 1.59 bits per heavy atom. The Balaban J connectivity index is 2.41. The van der Waals surface area contributed by atoms with Crippen LogP contribution in [0.1, 0.15) is 43.5 Å². The zero-order valence-electron chi connectivity index (χ0n) is 10.3. The maximum absolute atomic E-state index is 11.2. The van der Waals surface area contributed by atoms with Gasteiger partial charge in [-0.25, -0.2) is 4.79 Å². The van der Waals surface area contributed by atoms with Crippen LogP contribution in [0.25, 0.3) is 0 Å². The van der Waals surface area contributed by atoms with Crippen LogP contribution >= 0.6 is 0 Å². The highest BCUT2D eigenvalue weighted by molar-refractivity contribution is 5.94. The summed E-state index contributed by atoms with van der Waals surface area (Å²) in [6.45, 7) is 4.30. The molecule has 1 fully saturated rings. The largest absolute Gasteiger partial charge is 0.478 e. The fourth-order valence-corrected chi connectivity index (χ4v) is 2.68. The van der Waals surface area contributed by atoms with Gasteiger partial charge in [0.15, 0.2) is 0 Å². The Hall–Kier alpha value is -1.58. The molecule has 0 bridgehead atoms. The molecule has 2 atom stereocenters. The number of carbonyl (C=O) groups is 1. The molecule has 0 spiro atoms. The monoisotopic (exact) mass is 234 g/mol. The Bertz CT molecular complexity index is 420. The quantitative estimate of drug-likeness (QED) is 0.873. The maximum Gasteiger partial charge on any atom is 0.339 e. The number of hydrogen-bond acceptors (Lipinski definition) is 3. The van der Waals surface area contributed by atoms with Gasteiger partial charge in [0.1, 0.15) is 5.56 Å². The Morgan fingerprint density at radius 2 is 2.35 bits per heavy atom. The molecular weight excluding hydrogens is 216 g/mol. The van der Waals surface area contributed by atoms with Gasteiger partial charge < -0.3 is 10.0 Å². The van der Waals surface area contributed by atoms with Gasteiger partial charge in [-0.3, -0.25) is 4.98 Å². The topological polar surface area (TPSA) is 53.4 Å². The smallest absolute Gasteiger partial charge is 0.339 e. The van der Waals surface area contributed by atoms with Crippen molar-refractivity contribution in [3.63, 3.8) is 0 Å². The number of hydrogen-bond donors (Lipinski definition) is 1. The predicted molar refractivity (Wildman–Crippen MR) is 66.5 cm³/mol. The van der Waals surface area contributed by atoms with Crippen molar-refractivity contribution in [2.45, 2.75) is 45.2 Å². The van der Waals surface area contributed by atoms with Gasteiger partial charge >= 0.3 is 5.97 Å². The molecule has 1 N–H and O–H groups in total. The number of pyridine rings is 1. The lowest BCUT2D eigenvalue weighted by atomic mass is 10.1. The number of rotatable bonds is 3. The molecule has 0 aromatic carbocycles. The summed E-state index contributed by atoms with van der Waals surface area (Å²) < 4.78 is 0. The maximum atomic E-state index is 11.2. The van der Waals surface area contributed by atoms with Gasteiger partial charge in [0.05, 0.1) is 5.69 Å². The summed E-state index contributed by atoms with van der Waals surface area (Å²) in [4.78, 5) is 17.4. The minimum atomic E-state index is -0.901. The molecule has 92 valence electrons. The molecule has 2 rings (SSSR count). The molecule has 17 heavy (non-hydrogen) atoms. The van der Waals surface area contributed by atoms with Crippen LogP contribution in [0.5, 0.6) is 0 Å². The van der Waals surface area contributed by atoms with E-state index in [4.69, 9.17) is 0 Å². The standard InChI is InChI=1S/C13H18N2O2/c1-3-10-5-4-9(2)15(10)12-6-7-14-8-11(12)13(16)17/h6-10H,3-5H2,1-2H3,(H,16,17). The molecule has 1 aromatic rings. The average molecular weight is 234 g/mol. The van der Waals surface area contributed by atoms with Crippen molar-refractivity contribution < 1.29 is 9.90 Å². The van der Waals surface area contributed by atoms with E-state index in [0.717, 1.165) is 24.9 Å². The molecule has 1 aromatic heterocycles. The van der Waals surface area contributed by atoms with Crippen LogP contribution < -0.4 is 4.90 Å². The molecule has 0 aliphatic carbocycles. The summed E-state index contributed by atoms with van der Waals surface area (Å²) in [6.07, 6.45) is 6.42. The third-order valence-electron chi connectivity index (χ3n) is 3.56. The Morgan fingerprint density at radius 3 is 3.00 bits per heavy atom. The van der Waals surface area contributed by atoms with Crippen molar-refractivity contribution in [2.75, 3.05) is 4.90 Å². The van der Waals surface area contributed by atoms with E-state index in [1.807, 2.05) is 6.07 Å². The van der Waals surface area contributed by atoms with Crippen LogP contribution in [0.4, 0.5) is 5.69 Å². The molecule has 0 amide bonds. The van der Waals surface area contributed by atoms with E-state index >= 15 is 0 Å². The highest BCUT2D eigenvalue weighted by Gasteiger charge is 2.31. The van der Waals surface area contributed by atoms with E-state index in [2.05, 4.69) is 23.7 Å². The number of aromatic nitrogens is 1. The number of carboxylic acid groups (broad SMARTS) is 1. The first kappa shape index (κ1) is 11.9. The van der Waals surface area contributed by atoms with Crippen LogP contribution in [0.3, 0.4) is 0 Å². The molecule has 0 saturated carbocycles. The molecule has 1 aliphatic heterocycles. The van der Waals surface area contributed by atoms with Crippen molar-refractivity contribution in [3.8, 4) is 0 Å². The van der Waals surface area contributed by atoms with Gasteiger partial charge in [-0.2, -0.15) is 0 Å². The summed E-state index contributed by atoms with van der Waals surface area (Å²) in [6, 6.07) is 2.67. The summed E-state index contributed by atoms with van der Waals surface area (Å²) in [5.41, 5.74) is 1.11. The van der Waals surface area contributed by atoms with Crippen molar-refractivity contribution >= 4 is 11.7 Å². The van der Waals surface area contributed by atoms with Gasteiger partial charge in [0.2, 0.25) is 0 Å². The van der Waals surface area contributed by atoms with Crippen LogP contribution in [0, 0.1) is 0 Å². The second-order valence-corrected chi connectivity index (χ2v) is 4.59. The second kappa shape index (κ2) is 4.73. The van der Waals surface area contributed by atoms with Crippen molar-refractivity contribution in [2.24, 2.45) is 0 Å². The summed E-state index contributed by atoms with van der Waals surface area (Å²) in [5.74, 6) is -0.901. The number of aromatic carboxylic acids is 1. The van der Waals surface area contributed by atoms with Gasteiger partial charge in [0.25, 0.3) is 0 Å². The molecule has 1 aliphatic rings. The summed E-state index contributed by atoms with van der Waals surface area (Å²) in [7, 11) is 0. The van der Waals surface area contributed by atoms with Gasteiger partial charge in [-0.1, -0.05) is 6.92 Å². The van der Waals surface area contributed by atoms with E-state index in [1.54, 1.807) is 6.20 Å². The Kier molecular flexibility index (Phi) is 3.31. The number of carboxylic acids is 1. The van der Waals surface area contributed by atoms with Crippen LogP contribution in [0.2, 0.25) is 0 Å². The lowest BCUT2D eigenvalue weighted by Crippen LogP contribution is -2.35. The zero-order chi connectivity index (χ0) is 12.4.